The summed E-state index contributed by atoms with van der Waals surface area (Å²) in [6, 6.07) is 14.9. The van der Waals surface area contributed by atoms with Crippen LogP contribution in [0.2, 0.25) is 0 Å². The van der Waals surface area contributed by atoms with Crippen molar-refractivity contribution in [1.82, 2.24) is 0 Å². The second kappa shape index (κ2) is 7.49. The summed E-state index contributed by atoms with van der Waals surface area (Å²) in [7, 11) is 0. The van der Waals surface area contributed by atoms with Gasteiger partial charge in [-0.15, -0.1) is 0 Å². The van der Waals surface area contributed by atoms with Gasteiger partial charge >= 0.3 is 0 Å². The number of benzene rings is 2. The highest BCUT2D eigenvalue weighted by Gasteiger charge is 2.19. The molecule has 1 aliphatic rings. The Bertz CT molecular complexity index is 771. The van der Waals surface area contributed by atoms with Crippen LogP contribution in [0.15, 0.2) is 48.5 Å². The number of morpholine rings is 1. The molecule has 1 amide bonds. The third-order valence-corrected chi connectivity index (χ3v) is 4.38. The molecule has 0 aromatic heterocycles. The molecule has 5 heteroatoms. The van der Waals surface area contributed by atoms with E-state index in [0.717, 1.165) is 25.4 Å². The van der Waals surface area contributed by atoms with Gasteiger partial charge in [0.25, 0.3) is 5.91 Å². The first-order valence-electron chi connectivity index (χ1n) is 8.42. The Balaban J connectivity index is 1.73. The van der Waals surface area contributed by atoms with Crippen LogP contribution >= 0.6 is 0 Å². The SMILES string of the molecule is CC(=O)c1ccccc1C(=O)Nc1ccc(N2CCOCC2C)cc1. The van der Waals surface area contributed by atoms with Crippen LogP contribution in [-0.2, 0) is 4.74 Å². The number of ether oxygens (including phenoxy) is 1. The lowest BCUT2D eigenvalue weighted by Gasteiger charge is -2.35. The lowest BCUT2D eigenvalue weighted by atomic mass is 10.0. The van der Waals surface area contributed by atoms with E-state index in [-0.39, 0.29) is 11.7 Å². The van der Waals surface area contributed by atoms with Gasteiger partial charge in [-0.3, -0.25) is 9.59 Å². The first-order chi connectivity index (χ1) is 12.1. The van der Waals surface area contributed by atoms with Gasteiger partial charge in [0, 0.05) is 29.5 Å². The maximum Gasteiger partial charge on any atom is 0.256 e. The van der Waals surface area contributed by atoms with Crippen molar-refractivity contribution >= 4 is 23.1 Å². The average Bonchev–Trinajstić information content (AvgIpc) is 2.63. The molecule has 1 N–H and O–H groups in total. The normalized spacial score (nSPS) is 17.2. The summed E-state index contributed by atoms with van der Waals surface area (Å²) >= 11 is 0. The Hall–Kier alpha value is -2.66. The van der Waals surface area contributed by atoms with Gasteiger partial charge in [0.1, 0.15) is 0 Å². The quantitative estimate of drug-likeness (QED) is 0.869. The fraction of sp³-hybridized carbons (Fsp3) is 0.300. The Morgan fingerprint density at radius 3 is 2.40 bits per heavy atom. The summed E-state index contributed by atoms with van der Waals surface area (Å²) in [6.45, 7) is 5.90. The second-order valence-electron chi connectivity index (χ2n) is 6.22. The summed E-state index contributed by atoms with van der Waals surface area (Å²) < 4.78 is 5.46. The number of hydrogen-bond donors (Lipinski definition) is 1. The van der Waals surface area contributed by atoms with Gasteiger partial charge in [0.2, 0.25) is 0 Å². The highest BCUT2D eigenvalue weighted by molar-refractivity contribution is 6.12. The molecule has 2 aromatic rings. The van der Waals surface area contributed by atoms with Crippen molar-refractivity contribution in [3.63, 3.8) is 0 Å². The molecule has 1 aliphatic heterocycles. The van der Waals surface area contributed by atoms with E-state index >= 15 is 0 Å². The third-order valence-electron chi connectivity index (χ3n) is 4.38. The largest absolute Gasteiger partial charge is 0.377 e. The Labute approximate surface area is 147 Å². The minimum atomic E-state index is -0.279. The minimum absolute atomic E-state index is 0.123. The number of hydrogen-bond acceptors (Lipinski definition) is 4. The molecule has 5 nitrogen and oxygen atoms in total. The van der Waals surface area contributed by atoms with Crippen molar-refractivity contribution in [3.8, 4) is 0 Å². The summed E-state index contributed by atoms with van der Waals surface area (Å²) in [5, 5.41) is 2.86. The molecule has 0 aliphatic carbocycles. The molecule has 0 spiro atoms. The van der Waals surface area contributed by atoms with Gasteiger partial charge in [-0.2, -0.15) is 0 Å². The van der Waals surface area contributed by atoms with Crippen LogP contribution in [0.25, 0.3) is 0 Å². The van der Waals surface area contributed by atoms with Crippen molar-refractivity contribution in [2.24, 2.45) is 0 Å². The third kappa shape index (κ3) is 3.88. The van der Waals surface area contributed by atoms with E-state index in [1.54, 1.807) is 24.3 Å². The van der Waals surface area contributed by atoms with Crippen molar-refractivity contribution in [2.45, 2.75) is 19.9 Å². The lowest BCUT2D eigenvalue weighted by molar-refractivity contribution is 0.0985. The first kappa shape index (κ1) is 17.2. The van der Waals surface area contributed by atoms with Crippen molar-refractivity contribution in [1.29, 1.82) is 0 Å². The number of amides is 1. The van der Waals surface area contributed by atoms with Gasteiger partial charge in [0.05, 0.1) is 18.8 Å². The average molecular weight is 338 g/mol. The molecule has 2 aromatic carbocycles. The molecule has 1 saturated heterocycles. The van der Waals surface area contributed by atoms with E-state index in [2.05, 4.69) is 17.1 Å². The fourth-order valence-electron chi connectivity index (χ4n) is 3.03. The van der Waals surface area contributed by atoms with Crippen molar-refractivity contribution in [3.05, 3.63) is 59.7 Å². The molecular formula is C20H22N2O3. The maximum absolute atomic E-state index is 12.5. The van der Waals surface area contributed by atoms with Gasteiger partial charge < -0.3 is 15.0 Å². The topological polar surface area (TPSA) is 58.6 Å². The smallest absolute Gasteiger partial charge is 0.256 e. The summed E-state index contributed by atoms with van der Waals surface area (Å²) in [4.78, 5) is 26.5. The summed E-state index contributed by atoms with van der Waals surface area (Å²) in [5.74, 6) is -0.402. The van der Waals surface area contributed by atoms with Crippen molar-refractivity contribution < 1.29 is 14.3 Å². The number of nitrogens with one attached hydrogen (secondary N) is 1. The van der Waals surface area contributed by atoms with Gasteiger partial charge in [-0.05, 0) is 44.2 Å². The summed E-state index contributed by atoms with van der Waals surface area (Å²) in [6.07, 6.45) is 0. The number of ketones is 1. The molecule has 130 valence electrons. The highest BCUT2D eigenvalue weighted by atomic mass is 16.5. The van der Waals surface area contributed by atoms with Crippen molar-refractivity contribution in [2.75, 3.05) is 30.0 Å². The van der Waals surface area contributed by atoms with Crippen LogP contribution in [0.3, 0.4) is 0 Å². The molecule has 3 rings (SSSR count). The van der Waals surface area contributed by atoms with Crippen LogP contribution in [0.5, 0.6) is 0 Å². The maximum atomic E-state index is 12.5. The Kier molecular flexibility index (Phi) is 5.14. The number of carbonyl (C=O) groups is 2. The minimum Gasteiger partial charge on any atom is -0.377 e. The molecule has 1 atom stereocenters. The van der Waals surface area contributed by atoms with E-state index in [9.17, 15) is 9.59 Å². The second-order valence-corrected chi connectivity index (χ2v) is 6.22. The van der Waals surface area contributed by atoms with E-state index in [4.69, 9.17) is 4.74 Å². The molecule has 1 unspecified atom stereocenters. The zero-order chi connectivity index (χ0) is 17.8. The highest BCUT2D eigenvalue weighted by Crippen LogP contribution is 2.22. The summed E-state index contributed by atoms with van der Waals surface area (Å²) in [5.41, 5.74) is 2.63. The zero-order valence-corrected chi connectivity index (χ0v) is 14.5. The van der Waals surface area contributed by atoms with Gasteiger partial charge in [0.15, 0.2) is 5.78 Å². The molecule has 0 bridgehead atoms. The fourth-order valence-corrected chi connectivity index (χ4v) is 3.03. The number of carbonyl (C=O) groups excluding carboxylic acids is 2. The Morgan fingerprint density at radius 2 is 1.76 bits per heavy atom. The number of nitrogens with zero attached hydrogens (tertiary/aromatic N) is 1. The van der Waals surface area contributed by atoms with Gasteiger partial charge in [-0.1, -0.05) is 18.2 Å². The monoisotopic (exact) mass is 338 g/mol. The van der Waals surface area contributed by atoms with Crippen LogP contribution in [0.4, 0.5) is 11.4 Å². The van der Waals surface area contributed by atoms with Gasteiger partial charge in [-0.25, -0.2) is 0 Å². The van der Waals surface area contributed by atoms with E-state index in [1.807, 2.05) is 24.3 Å². The first-order valence-corrected chi connectivity index (χ1v) is 8.42. The number of anilines is 2. The molecule has 0 saturated carbocycles. The number of Topliss-reactive ketones (excluding diaryl/α,β-unsaturated/α-hetero) is 1. The van der Waals surface area contributed by atoms with Crippen LogP contribution < -0.4 is 10.2 Å². The van der Waals surface area contributed by atoms with E-state index in [1.165, 1.54) is 6.92 Å². The molecule has 25 heavy (non-hydrogen) atoms. The molecule has 0 radical (unpaired) electrons. The molecular weight excluding hydrogens is 316 g/mol. The van der Waals surface area contributed by atoms with Crippen LogP contribution in [0.1, 0.15) is 34.6 Å². The predicted molar refractivity (Wildman–Crippen MR) is 98.5 cm³/mol. The van der Waals surface area contributed by atoms with E-state index < -0.39 is 0 Å². The molecule has 1 heterocycles. The van der Waals surface area contributed by atoms with E-state index in [0.29, 0.717) is 22.9 Å². The van der Waals surface area contributed by atoms with Crippen LogP contribution in [-0.4, -0.2) is 37.5 Å². The Morgan fingerprint density at radius 1 is 1.08 bits per heavy atom. The number of rotatable bonds is 4. The zero-order valence-electron chi connectivity index (χ0n) is 14.5. The predicted octanol–water partition coefficient (Wildman–Crippen LogP) is 3.37. The standard InChI is InChI=1S/C20H22N2O3/c1-14-13-25-12-11-22(14)17-9-7-16(8-10-17)21-20(24)19-6-4-3-5-18(19)15(2)23/h3-10,14H,11-13H2,1-2H3,(H,21,24). The van der Waals surface area contributed by atoms with Crippen LogP contribution in [0, 0.1) is 0 Å². The lowest BCUT2D eigenvalue weighted by Crippen LogP contribution is -2.43. The molecule has 1 fully saturated rings.